The molecule has 0 spiro atoms. The molecule has 2 aliphatic rings. The molecule has 0 saturated carbocycles. The van der Waals surface area contributed by atoms with E-state index in [0.717, 1.165) is 61.6 Å². The van der Waals surface area contributed by atoms with Gasteiger partial charge in [0.15, 0.2) is 0 Å². The van der Waals surface area contributed by atoms with E-state index in [9.17, 15) is 0 Å². The highest BCUT2D eigenvalue weighted by atomic mass is 14.8. The summed E-state index contributed by atoms with van der Waals surface area (Å²) in [5, 5.41) is 0. The van der Waals surface area contributed by atoms with E-state index < -0.39 is 0 Å². The number of hydrogen-bond donors (Lipinski definition) is 2. The summed E-state index contributed by atoms with van der Waals surface area (Å²) >= 11 is 0. The first-order valence-corrected chi connectivity index (χ1v) is 10.4. The summed E-state index contributed by atoms with van der Waals surface area (Å²) in [6.45, 7) is 0. The number of rotatable bonds is 1. The normalized spacial score (nSPS) is 12.7. The summed E-state index contributed by atoms with van der Waals surface area (Å²) in [5.41, 5.74) is 10.0. The molecule has 0 atom stereocenters. The van der Waals surface area contributed by atoms with Crippen molar-refractivity contribution in [3.63, 3.8) is 0 Å². The van der Waals surface area contributed by atoms with Crippen molar-refractivity contribution in [2.45, 2.75) is 0 Å². The number of aromatic amines is 2. The van der Waals surface area contributed by atoms with Gasteiger partial charge >= 0.3 is 0 Å². The van der Waals surface area contributed by atoms with Gasteiger partial charge in [0.05, 0.1) is 28.3 Å². The Morgan fingerprint density at radius 1 is 0.625 bits per heavy atom. The van der Waals surface area contributed by atoms with Crippen LogP contribution in [0.5, 0.6) is 0 Å². The Hall–Kier alpha value is -4.62. The van der Waals surface area contributed by atoms with Crippen LogP contribution in [0.2, 0.25) is 0 Å². The molecule has 8 bridgehead atoms. The SMILES string of the molecule is C#CC1=C(c2ccccc2)c2cc3ccc(cc4ccc(cc5nc(cc1n2)C=C5)[nH]4)[nH]3. The average Bonchev–Trinajstić information content (AvgIpc) is 3.58. The number of nitrogens with one attached hydrogen (secondary N) is 2. The third-order valence-electron chi connectivity index (χ3n) is 5.55. The quantitative estimate of drug-likeness (QED) is 0.329. The Balaban J connectivity index is 1.71. The monoisotopic (exact) mass is 410 g/mol. The number of hydrogen-bond acceptors (Lipinski definition) is 2. The minimum absolute atomic E-state index is 0.745. The summed E-state index contributed by atoms with van der Waals surface area (Å²) in [5.74, 6) is 2.88. The average molecular weight is 410 g/mol. The van der Waals surface area contributed by atoms with Gasteiger partial charge in [0.1, 0.15) is 0 Å². The Labute approximate surface area is 185 Å². The van der Waals surface area contributed by atoms with Crippen LogP contribution in [0.25, 0.3) is 45.4 Å². The van der Waals surface area contributed by atoms with Crippen molar-refractivity contribution in [3.8, 4) is 12.3 Å². The maximum Gasteiger partial charge on any atom is 0.0822 e. The second kappa shape index (κ2) is 7.26. The summed E-state index contributed by atoms with van der Waals surface area (Å²) < 4.78 is 0. The van der Waals surface area contributed by atoms with Crippen molar-refractivity contribution in [2.24, 2.45) is 0 Å². The fraction of sp³-hybridized carbons (Fsp3) is 0. The lowest BCUT2D eigenvalue weighted by Crippen LogP contribution is -1.86. The molecular formula is C28H18N4. The Morgan fingerprint density at radius 3 is 1.94 bits per heavy atom. The fourth-order valence-corrected chi connectivity index (χ4v) is 4.12. The molecule has 32 heavy (non-hydrogen) atoms. The Kier molecular flexibility index (Phi) is 4.12. The maximum atomic E-state index is 5.99. The zero-order chi connectivity index (χ0) is 21.5. The standard InChI is InChI=1S/C28H18N4/c1-2-25-26-16-23-12-10-21(30-23)14-19-8-9-20(29-19)15-22-11-13-24(31-22)17-27(32-26)28(25)18-6-4-3-5-7-18/h1,3-17,29,31H. The van der Waals surface area contributed by atoms with E-state index in [1.807, 2.05) is 60.7 Å². The number of terminal acetylenes is 1. The Morgan fingerprint density at radius 2 is 1.25 bits per heavy atom. The Bertz CT molecular complexity index is 1620. The van der Waals surface area contributed by atoms with Gasteiger partial charge in [-0.05, 0) is 66.2 Å². The van der Waals surface area contributed by atoms with E-state index in [1.54, 1.807) is 0 Å². The smallest absolute Gasteiger partial charge is 0.0822 e. The molecule has 5 heterocycles. The third-order valence-corrected chi connectivity index (χ3v) is 5.55. The van der Waals surface area contributed by atoms with Gasteiger partial charge < -0.3 is 9.97 Å². The van der Waals surface area contributed by atoms with Gasteiger partial charge in [-0.2, -0.15) is 0 Å². The van der Waals surface area contributed by atoms with E-state index in [2.05, 4.69) is 46.2 Å². The van der Waals surface area contributed by atoms with Crippen LogP contribution in [0.4, 0.5) is 0 Å². The van der Waals surface area contributed by atoms with Crippen molar-refractivity contribution in [1.82, 2.24) is 19.9 Å². The lowest BCUT2D eigenvalue weighted by Gasteiger charge is -2.03. The highest BCUT2D eigenvalue weighted by Gasteiger charge is 2.20. The molecule has 6 rings (SSSR count). The molecule has 4 aromatic rings. The molecule has 4 nitrogen and oxygen atoms in total. The molecular weight excluding hydrogens is 392 g/mol. The van der Waals surface area contributed by atoms with Crippen molar-refractivity contribution < 1.29 is 0 Å². The molecule has 0 radical (unpaired) electrons. The molecule has 1 aromatic carbocycles. The van der Waals surface area contributed by atoms with Crippen LogP contribution in [0.15, 0.2) is 78.9 Å². The van der Waals surface area contributed by atoms with E-state index in [1.165, 1.54) is 0 Å². The van der Waals surface area contributed by atoms with Gasteiger partial charge in [-0.15, -0.1) is 6.42 Å². The largest absolute Gasteiger partial charge is 0.355 e. The summed E-state index contributed by atoms with van der Waals surface area (Å²) in [4.78, 5) is 16.5. The number of nitrogens with zero attached hydrogens (tertiary/aromatic N) is 2. The lowest BCUT2D eigenvalue weighted by atomic mass is 9.97. The van der Waals surface area contributed by atoms with Gasteiger partial charge in [-0.1, -0.05) is 36.3 Å². The zero-order valence-electron chi connectivity index (χ0n) is 17.1. The molecule has 0 unspecified atom stereocenters. The highest BCUT2D eigenvalue weighted by molar-refractivity contribution is 6.05. The van der Waals surface area contributed by atoms with Crippen LogP contribution in [0, 0.1) is 12.3 Å². The van der Waals surface area contributed by atoms with E-state index in [4.69, 9.17) is 16.4 Å². The summed E-state index contributed by atoms with van der Waals surface area (Å²) in [6, 6.07) is 26.4. The molecule has 2 N–H and O–H groups in total. The second-order valence-corrected chi connectivity index (χ2v) is 7.75. The molecule has 0 aliphatic carbocycles. The lowest BCUT2D eigenvalue weighted by molar-refractivity contribution is 1.27. The molecule has 4 heteroatoms. The van der Waals surface area contributed by atoms with Crippen LogP contribution in [-0.2, 0) is 0 Å². The highest BCUT2D eigenvalue weighted by Crippen LogP contribution is 2.35. The van der Waals surface area contributed by atoms with Crippen LogP contribution in [0.3, 0.4) is 0 Å². The summed E-state index contributed by atoms with van der Waals surface area (Å²) in [6.07, 6.45) is 9.97. The minimum Gasteiger partial charge on any atom is -0.355 e. The minimum atomic E-state index is 0.745. The molecule has 3 aromatic heterocycles. The van der Waals surface area contributed by atoms with E-state index in [0.29, 0.717) is 0 Å². The van der Waals surface area contributed by atoms with Crippen molar-refractivity contribution in [1.29, 1.82) is 0 Å². The topological polar surface area (TPSA) is 57.4 Å². The third kappa shape index (κ3) is 3.23. The van der Waals surface area contributed by atoms with Gasteiger partial charge in [-0.3, -0.25) is 0 Å². The van der Waals surface area contributed by atoms with Gasteiger partial charge in [0.2, 0.25) is 0 Å². The van der Waals surface area contributed by atoms with Crippen LogP contribution in [-0.4, -0.2) is 19.9 Å². The molecule has 0 saturated heterocycles. The van der Waals surface area contributed by atoms with E-state index in [-0.39, 0.29) is 0 Å². The van der Waals surface area contributed by atoms with E-state index >= 15 is 0 Å². The first-order valence-electron chi connectivity index (χ1n) is 10.4. The number of fused-ring (bicyclic) bond motifs is 8. The number of H-pyrrole nitrogens is 2. The molecule has 150 valence electrons. The van der Waals surface area contributed by atoms with Crippen LogP contribution in [0.1, 0.15) is 28.3 Å². The zero-order valence-corrected chi connectivity index (χ0v) is 17.1. The van der Waals surface area contributed by atoms with Gasteiger partial charge in [-0.25, -0.2) is 9.97 Å². The van der Waals surface area contributed by atoms with Gasteiger partial charge in [0, 0.05) is 27.6 Å². The van der Waals surface area contributed by atoms with Gasteiger partial charge in [0.25, 0.3) is 0 Å². The molecule has 2 aliphatic heterocycles. The van der Waals surface area contributed by atoms with Crippen LogP contribution >= 0.6 is 0 Å². The summed E-state index contributed by atoms with van der Waals surface area (Å²) in [7, 11) is 0. The fourth-order valence-electron chi connectivity index (χ4n) is 4.12. The predicted octanol–water partition coefficient (Wildman–Crippen LogP) is 6.08. The number of benzene rings is 1. The molecule has 0 amide bonds. The maximum absolute atomic E-state index is 5.99. The first-order chi connectivity index (χ1) is 15.7. The number of aromatic nitrogens is 4. The second-order valence-electron chi connectivity index (χ2n) is 7.75. The predicted molar refractivity (Wildman–Crippen MR) is 131 cm³/mol. The molecule has 0 fully saturated rings. The van der Waals surface area contributed by atoms with Crippen molar-refractivity contribution >= 4 is 45.4 Å². The van der Waals surface area contributed by atoms with Crippen LogP contribution < -0.4 is 0 Å². The number of allylic oxidation sites excluding steroid dienone is 1. The van der Waals surface area contributed by atoms with Crippen molar-refractivity contribution in [2.75, 3.05) is 0 Å². The first kappa shape index (κ1) is 18.2. The van der Waals surface area contributed by atoms with Crippen molar-refractivity contribution in [3.05, 3.63) is 107 Å².